The number of hydrogen-bond donors (Lipinski definition) is 1. The number of anilines is 1. The van der Waals surface area contributed by atoms with Gasteiger partial charge < -0.3 is 14.4 Å². The Morgan fingerprint density at radius 3 is 2.45 bits per heavy atom. The van der Waals surface area contributed by atoms with Crippen LogP contribution in [0.2, 0.25) is 0 Å². The Balaban J connectivity index is 1.62. The van der Waals surface area contributed by atoms with Crippen LogP contribution in [0.3, 0.4) is 0 Å². The minimum atomic E-state index is -3.72. The first-order valence-corrected chi connectivity index (χ1v) is 11.2. The van der Waals surface area contributed by atoms with Gasteiger partial charge in [0.25, 0.3) is 0 Å². The number of nitrogens with one attached hydrogen (secondary N) is 1. The molecule has 0 radical (unpaired) electrons. The predicted octanol–water partition coefficient (Wildman–Crippen LogP) is 2.37. The fourth-order valence-corrected chi connectivity index (χ4v) is 4.50. The van der Waals surface area contributed by atoms with Gasteiger partial charge in [-0.25, -0.2) is 18.1 Å². The monoisotopic (exact) mass is 420 g/mol. The van der Waals surface area contributed by atoms with Crippen LogP contribution in [-0.4, -0.2) is 51.7 Å². The Labute approximate surface area is 172 Å². The van der Waals surface area contributed by atoms with Gasteiger partial charge in [-0.05, 0) is 56.9 Å². The van der Waals surface area contributed by atoms with E-state index in [9.17, 15) is 8.42 Å². The van der Waals surface area contributed by atoms with E-state index in [0.717, 1.165) is 42.9 Å². The number of ether oxygens (including phenoxy) is 2. The third-order valence-corrected chi connectivity index (χ3v) is 6.43. The zero-order chi connectivity index (χ0) is 21.0. The molecular formula is C20H28N4O4S. The van der Waals surface area contributed by atoms with E-state index < -0.39 is 10.0 Å². The molecule has 1 N–H and O–H groups in total. The van der Waals surface area contributed by atoms with Crippen LogP contribution in [0.25, 0.3) is 0 Å². The SMILES string of the molecule is COc1cc(C)c(C)cc1S(=O)(=O)NCCOc1cc(N2CCCC2)nc(C)n1. The van der Waals surface area contributed by atoms with Crippen molar-refractivity contribution >= 4 is 15.8 Å². The summed E-state index contributed by atoms with van der Waals surface area (Å²) in [6.45, 7) is 7.83. The highest BCUT2D eigenvalue weighted by molar-refractivity contribution is 7.89. The quantitative estimate of drug-likeness (QED) is 0.655. The molecule has 1 saturated heterocycles. The van der Waals surface area contributed by atoms with Gasteiger partial charge in [0.2, 0.25) is 15.9 Å². The second-order valence-corrected chi connectivity index (χ2v) is 8.87. The summed E-state index contributed by atoms with van der Waals surface area (Å²) in [5.74, 6) is 2.25. The molecule has 0 spiro atoms. The molecule has 2 aromatic rings. The molecule has 2 heterocycles. The first-order valence-electron chi connectivity index (χ1n) is 9.68. The smallest absolute Gasteiger partial charge is 0.244 e. The van der Waals surface area contributed by atoms with Crippen molar-refractivity contribution in [2.75, 3.05) is 38.3 Å². The highest BCUT2D eigenvalue weighted by Crippen LogP contribution is 2.27. The van der Waals surface area contributed by atoms with Crippen LogP contribution < -0.4 is 19.1 Å². The number of sulfonamides is 1. The van der Waals surface area contributed by atoms with Gasteiger partial charge in [0, 0.05) is 25.7 Å². The summed E-state index contributed by atoms with van der Waals surface area (Å²) in [5.41, 5.74) is 1.85. The minimum Gasteiger partial charge on any atom is -0.495 e. The van der Waals surface area contributed by atoms with E-state index >= 15 is 0 Å². The Bertz CT molecular complexity index is 973. The fraction of sp³-hybridized carbons (Fsp3) is 0.500. The van der Waals surface area contributed by atoms with Crippen molar-refractivity contribution < 1.29 is 17.9 Å². The molecule has 0 bridgehead atoms. The van der Waals surface area contributed by atoms with Gasteiger partial charge in [-0.3, -0.25) is 0 Å². The molecule has 8 nitrogen and oxygen atoms in total. The Morgan fingerprint density at radius 1 is 1.07 bits per heavy atom. The van der Waals surface area contributed by atoms with Crippen molar-refractivity contribution in [3.8, 4) is 11.6 Å². The lowest BCUT2D eigenvalue weighted by Crippen LogP contribution is -2.29. The molecule has 158 valence electrons. The molecule has 29 heavy (non-hydrogen) atoms. The molecule has 0 atom stereocenters. The summed E-state index contributed by atoms with van der Waals surface area (Å²) in [6.07, 6.45) is 2.31. The normalized spacial score (nSPS) is 14.3. The maximum Gasteiger partial charge on any atom is 0.244 e. The summed E-state index contributed by atoms with van der Waals surface area (Å²) in [4.78, 5) is 11.1. The molecule has 1 aliphatic heterocycles. The summed E-state index contributed by atoms with van der Waals surface area (Å²) < 4.78 is 38.9. The third-order valence-electron chi connectivity index (χ3n) is 4.94. The van der Waals surface area contributed by atoms with Crippen LogP contribution >= 0.6 is 0 Å². The molecule has 1 aromatic heterocycles. The average Bonchev–Trinajstić information content (AvgIpc) is 3.21. The lowest BCUT2D eigenvalue weighted by molar-refractivity contribution is 0.309. The van der Waals surface area contributed by atoms with E-state index in [0.29, 0.717) is 17.5 Å². The highest BCUT2D eigenvalue weighted by atomic mass is 32.2. The standard InChI is InChI=1S/C20H28N4O4S/c1-14-11-17(27-4)18(12-15(14)2)29(25,26)21-7-10-28-20-13-19(22-16(3)23-20)24-8-5-6-9-24/h11-13,21H,5-10H2,1-4H3. The first-order chi connectivity index (χ1) is 13.8. The van der Waals surface area contributed by atoms with Gasteiger partial charge in [0.1, 0.15) is 28.9 Å². The molecule has 1 aliphatic rings. The van der Waals surface area contributed by atoms with E-state index in [4.69, 9.17) is 9.47 Å². The minimum absolute atomic E-state index is 0.112. The molecule has 0 amide bonds. The van der Waals surface area contributed by atoms with E-state index in [-0.39, 0.29) is 18.0 Å². The maximum atomic E-state index is 12.7. The summed E-state index contributed by atoms with van der Waals surface area (Å²) in [7, 11) is -2.26. The van der Waals surface area contributed by atoms with E-state index in [1.165, 1.54) is 7.11 Å². The predicted molar refractivity (Wildman–Crippen MR) is 111 cm³/mol. The second kappa shape index (κ2) is 8.96. The van der Waals surface area contributed by atoms with Crippen LogP contribution in [0.1, 0.15) is 29.8 Å². The Kier molecular flexibility index (Phi) is 6.59. The molecule has 0 aliphatic carbocycles. The van der Waals surface area contributed by atoms with Crippen LogP contribution in [0, 0.1) is 20.8 Å². The van der Waals surface area contributed by atoms with Crippen molar-refractivity contribution in [3.05, 3.63) is 35.2 Å². The Morgan fingerprint density at radius 2 is 1.76 bits per heavy atom. The van der Waals surface area contributed by atoms with Crippen LogP contribution in [0.4, 0.5) is 5.82 Å². The largest absolute Gasteiger partial charge is 0.495 e. The maximum absolute atomic E-state index is 12.7. The number of rotatable bonds is 8. The van der Waals surface area contributed by atoms with E-state index in [1.54, 1.807) is 18.2 Å². The summed E-state index contributed by atoms with van der Waals surface area (Å²) in [5, 5.41) is 0. The second-order valence-electron chi connectivity index (χ2n) is 7.14. The van der Waals surface area contributed by atoms with Gasteiger partial charge >= 0.3 is 0 Å². The van der Waals surface area contributed by atoms with Crippen molar-refractivity contribution in [1.29, 1.82) is 0 Å². The number of aryl methyl sites for hydroxylation is 3. The molecule has 0 saturated carbocycles. The van der Waals surface area contributed by atoms with Gasteiger partial charge in [0.05, 0.1) is 7.11 Å². The molecule has 0 unspecified atom stereocenters. The number of nitrogens with zero attached hydrogens (tertiary/aromatic N) is 3. The number of aromatic nitrogens is 2. The van der Waals surface area contributed by atoms with E-state index in [1.807, 2.05) is 20.8 Å². The number of methoxy groups -OCH3 is 1. The van der Waals surface area contributed by atoms with Crippen molar-refractivity contribution in [3.63, 3.8) is 0 Å². The molecule has 9 heteroatoms. The average molecular weight is 421 g/mol. The first kappa shape index (κ1) is 21.3. The summed E-state index contributed by atoms with van der Waals surface area (Å²) >= 11 is 0. The lowest BCUT2D eigenvalue weighted by Gasteiger charge is -2.17. The van der Waals surface area contributed by atoms with Gasteiger partial charge in [-0.15, -0.1) is 0 Å². The fourth-order valence-electron chi connectivity index (χ4n) is 3.25. The van der Waals surface area contributed by atoms with Crippen molar-refractivity contribution in [2.24, 2.45) is 0 Å². The zero-order valence-corrected chi connectivity index (χ0v) is 18.2. The van der Waals surface area contributed by atoms with Crippen molar-refractivity contribution in [1.82, 2.24) is 14.7 Å². The van der Waals surface area contributed by atoms with Crippen molar-refractivity contribution in [2.45, 2.75) is 38.5 Å². The van der Waals surface area contributed by atoms with E-state index in [2.05, 4.69) is 19.6 Å². The van der Waals surface area contributed by atoms with Crippen LogP contribution in [0.5, 0.6) is 11.6 Å². The van der Waals surface area contributed by atoms with Gasteiger partial charge in [-0.1, -0.05) is 0 Å². The topological polar surface area (TPSA) is 93.7 Å². The van der Waals surface area contributed by atoms with Gasteiger partial charge in [0.15, 0.2) is 0 Å². The van der Waals surface area contributed by atoms with Crippen LogP contribution in [0.15, 0.2) is 23.1 Å². The Hall–Kier alpha value is -2.39. The molecular weight excluding hydrogens is 392 g/mol. The van der Waals surface area contributed by atoms with Gasteiger partial charge in [-0.2, -0.15) is 4.98 Å². The zero-order valence-electron chi connectivity index (χ0n) is 17.4. The number of hydrogen-bond acceptors (Lipinski definition) is 7. The highest BCUT2D eigenvalue weighted by Gasteiger charge is 2.20. The summed E-state index contributed by atoms with van der Waals surface area (Å²) in [6, 6.07) is 5.15. The van der Waals surface area contributed by atoms with Crippen LogP contribution in [-0.2, 0) is 10.0 Å². The number of benzene rings is 1. The molecule has 1 aromatic carbocycles. The molecule has 3 rings (SSSR count). The molecule has 1 fully saturated rings. The lowest BCUT2D eigenvalue weighted by atomic mass is 10.1. The third kappa shape index (κ3) is 5.16.